The zero-order chi connectivity index (χ0) is 30.9. The number of amidine groups is 1. The van der Waals surface area contributed by atoms with Crippen molar-refractivity contribution in [3.8, 4) is 0 Å². The zero-order valence-electron chi connectivity index (χ0n) is 24.0. The Hall–Kier alpha value is -3.86. The normalized spacial score (nSPS) is 17.8. The number of carbonyl (C=O) groups excluding carboxylic acids is 3. The van der Waals surface area contributed by atoms with Crippen molar-refractivity contribution in [1.29, 1.82) is 5.41 Å². The number of nitrogens with zero attached hydrogens (tertiary/aromatic N) is 5. The molecular weight excluding hydrogens is 598 g/mol. The second-order valence-corrected chi connectivity index (χ2v) is 13.2. The third-order valence-corrected chi connectivity index (χ3v) is 10.2. The number of methoxy groups -OCH3 is 1. The smallest absolute Gasteiger partial charge is 0.412 e. The van der Waals surface area contributed by atoms with Gasteiger partial charge in [-0.25, -0.2) is 13.8 Å². The Morgan fingerprint density at radius 2 is 1.93 bits per heavy atom. The minimum atomic E-state index is -4.09. The van der Waals surface area contributed by atoms with Crippen LogP contribution in [0.25, 0.3) is 10.8 Å². The molecule has 3 aromatic rings. The first-order valence-corrected chi connectivity index (χ1v) is 15.9. The van der Waals surface area contributed by atoms with Crippen LogP contribution in [0, 0.1) is 5.41 Å². The molecule has 5 rings (SSSR count). The van der Waals surface area contributed by atoms with Crippen LogP contribution < -0.4 is 5.32 Å². The highest BCUT2D eigenvalue weighted by Gasteiger charge is 2.39. The van der Waals surface area contributed by atoms with E-state index in [-0.39, 0.29) is 44.4 Å². The molecular formula is C27H33N7O7S2. The van der Waals surface area contributed by atoms with Crippen molar-refractivity contribution in [2.24, 2.45) is 0 Å². The molecule has 4 heterocycles. The minimum Gasteiger partial charge on any atom is -0.466 e. The molecule has 2 aliphatic rings. The molecule has 0 spiro atoms. The van der Waals surface area contributed by atoms with Crippen molar-refractivity contribution >= 4 is 56.1 Å². The number of amides is 2. The summed E-state index contributed by atoms with van der Waals surface area (Å²) in [4.78, 5) is 47.0. The maximum atomic E-state index is 13.8. The molecule has 0 bridgehead atoms. The maximum Gasteiger partial charge on any atom is 0.412 e. The van der Waals surface area contributed by atoms with Crippen LogP contribution in [-0.4, -0.2) is 108 Å². The van der Waals surface area contributed by atoms with Gasteiger partial charge in [0.15, 0.2) is 5.01 Å². The summed E-state index contributed by atoms with van der Waals surface area (Å²) in [6.07, 6.45) is 2.69. The number of nitrogens with one attached hydrogen (secondary N) is 2. The van der Waals surface area contributed by atoms with Crippen LogP contribution in [-0.2, 0) is 37.4 Å². The molecule has 2 amide bonds. The van der Waals surface area contributed by atoms with Gasteiger partial charge in [0.05, 0.1) is 31.9 Å². The van der Waals surface area contributed by atoms with Gasteiger partial charge in [0, 0.05) is 72.8 Å². The molecule has 1 saturated heterocycles. The number of thiazole rings is 1. The van der Waals surface area contributed by atoms with Gasteiger partial charge in [0.1, 0.15) is 5.84 Å². The Morgan fingerprint density at radius 3 is 2.67 bits per heavy atom. The highest BCUT2D eigenvalue weighted by atomic mass is 32.2. The second-order valence-electron chi connectivity index (χ2n) is 10.3. The molecule has 1 atom stereocenters. The highest BCUT2D eigenvalue weighted by molar-refractivity contribution is 7.87. The van der Waals surface area contributed by atoms with E-state index in [1.54, 1.807) is 25.1 Å². The first-order valence-electron chi connectivity index (χ1n) is 13.7. The van der Waals surface area contributed by atoms with E-state index >= 15 is 0 Å². The third-order valence-electron chi connectivity index (χ3n) is 7.43. The number of aromatic nitrogens is 2. The molecule has 43 heavy (non-hydrogen) atoms. The predicted molar refractivity (Wildman–Crippen MR) is 158 cm³/mol. The second kappa shape index (κ2) is 12.4. The highest BCUT2D eigenvalue weighted by Crippen LogP contribution is 2.28. The molecule has 14 nitrogen and oxygen atoms in total. The Bertz CT molecular complexity index is 1680. The molecule has 0 saturated carbocycles. The predicted octanol–water partition coefficient (Wildman–Crippen LogP) is 1.64. The van der Waals surface area contributed by atoms with Crippen molar-refractivity contribution in [3.63, 3.8) is 0 Å². The number of carbonyl (C=O) groups is 3. The topological polar surface area (TPSA) is 167 Å². The maximum absolute atomic E-state index is 13.8. The van der Waals surface area contributed by atoms with Gasteiger partial charge in [0.2, 0.25) is 0 Å². The summed E-state index contributed by atoms with van der Waals surface area (Å²) in [7, 11) is -0.883. The number of hydrogen-bond donors (Lipinski definition) is 2. The largest absolute Gasteiger partial charge is 0.466 e. The Morgan fingerprint density at radius 1 is 1.16 bits per heavy atom. The lowest BCUT2D eigenvalue weighted by atomic mass is 10.1. The van der Waals surface area contributed by atoms with Crippen LogP contribution in [0.15, 0.2) is 30.6 Å². The summed E-state index contributed by atoms with van der Waals surface area (Å²) in [5, 5.41) is 11.8. The van der Waals surface area contributed by atoms with Crippen molar-refractivity contribution < 1.29 is 32.3 Å². The molecule has 2 N–H and O–H groups in total. The molecule has 1 aromatic carbocycles. The van der Waals surface area contributed by atoms with Crippen LogP contribution in [0.2, 0.25) is 0 Å². The van der Waals surface area contributed by atoms with E-state index in [1.807, 2.05) is 7.05 Å². The van der Waals surface area contributed by atoms with Gasteiger partial charge in [-0.3, -0.25) is 20.3 Å². The summed E-state index contributed by atoms with van der Waals surface area (Å²) in [5.41, 5.74) is 1.28. The SMILES string of the molecule is CCOC(=O)CC1CN(S(=O)(=O)n2cc3ccc(C(=N)NC(=O)OC)cc3c2)CCN1C(=O)c1nc2c(s1)CN(C)CC2. The molecule has 0 aliphatic carbocycles. The van der Waals surface area contributed by atoms with E-state index in [4.69, 9.17) is 10.1 Å². The van der Waals surface area contributed by atoms with Crippen molar-refractivity contribution in [3.05, 3.63) is 51.7 Å². The summed E-state index contributed by atoms with van der Waals surface area (Å²) in [5.74, 6) is -1.04. The lowest BCUT2D eigenvalue weighted by Gasteiger charge is -2.40. The number of esters is 1. The van der Waals surface area contributed by atoms with E-state index in [9.17, 15) is 22.8 Å². The average Bonchev–Trinajstić information content (AvgIpc) is 3.61. The van der Waals surface area contributed by atoms with Crippen molar-refractivity contribution in [2.75, 3.05) is 46.9 Å². The van der Waals surface area contributed by atoms with Gasteiger partial charge in [-0.15, -0.1) is 11.3 Å². The number of alkyl carbamates (subject to hydrolysis) is 1. The van der Waals surface area contributed by atoms with Gasteiger partial charge >= 0.3 is 22.3 Å². The number of piperazine rings is 1. The minimum absolute atomic E-state index is 0.0225. The number of benzene rings is 1. The average molecular weight is 632 g/mol. The van der Waals surface area contributed by atoms with E-state index in [1.165, 1.54) is 40.0 Å². The zero-order valence-corrected chi connectivity index (χ0v) is 25.7. The van der Waals surface area contributed by atoms with E-state index in [0.717, 1.165) is 27.5 Å². The van der Waals surface area contributed by atoms with Crippen molar-refractivity contribution in [2.45, 2.75) is 32.4 Å². The van der Waals surface area contributed by atoms with E-state index in [0.29, 0.717) is 27.9 Å². The fourth-order valence-electron chi connectivity index (χ4n) is 5.19. The van der Waals surface area contributed by atoms with Crippen LogP contribution in [0.4, 0.5) is 4.79 Å². The summed E-state index contributed by atoms with van der Waals surface area (Å²) < 4.78 is 39.5. The van der Waals surface area contributed by atoms with Crippen LogP contribution >= 0.6 is 11.3 Å². The Kier molecular flexibility index (Phi) is 8.82. The fourth-order valence-corrected chi connectivity index (χ4v) is 7.77. The molecule has 0 radical (unpaired) electrons. The number of rotatable bonds is 7. The monoisotopic (exact) mass is 631 g/mol. The number of hydrogen-bond acceptors (Lipinski definition) is 11. The van der Waals surface area contributed by atoms with E-state index < -0.39 is 28.3 Å². The van der Waals surface area contributed by atoms with Gasteiger partial charge in [-0.1, -0.05) is 12.1 Å². The summed E-state index contributed by atoms with van der Waals surface area (Å²) in [6.45, 7) is 3.42. The molecule has 16 heteroatoms. The quantitative estimate of drug-likeness (QED) is 0.224. The van der Waals surface area contributed by atoms with Gasteiger partial charge < -0.3 is 19.3 Å². The van der Waals surface area contributed by atoms with Crippen LogP contribution in [0.5, 0.6) is 0 Å². The molecule has 1 unspecified atom stereocenters. The third kappa shape index (κ3) is 6.41. The Labute approximate surface area is 252 Å². The standard InChI is InChI=1S/C27H33N7O7S2/c1-4-41-23(35)12-20-15-32(9-10-34(20)26(36)25-29-21-7-8-31(2)16-22(21)42-25)43(38,39)33-13-18-6-5-17(11-19(18)14-33)24(28)30-27(37)40-3/h5-6,11,13-14,20H,4,7-10,12,15-16H2,1-3H3,(H2,28,30,37). The first kappa shape index (κ1) is 30.6. The first-order chi connectivity index (χ1) is 20.5. The summed E-state index contributed by atoms with van der Waals surface area (Å²) >= 11 is 1.34. The molecule has 230 valence electrons. The lowest BCUT2D eigenvalue weighted by Crippen LogP contribution is -2.57. The molecule has 2 aromatic heterocycles. The van der Waals surface area contributed by atoms with Crippen molar-refractivity contribution in [1.82, 2.24) is 28.4 Å². The van der Waals surface area contributed by atoms with Crippen LogP contribution in [0.1, 0.15) is 39.3 Å². The van der Waals surface area contributed by atoms with Gasteiger partial charge in [0.25, 0.3) is 5.91 Å². The molecule has 1 fully saturated rings. The Balaban J connectivity index is 1.38. The van der Waals surface area contributed by atoms with Gasteiger partial charge in [-0.05, 0) is 20.0 Å². The fraction of sp³-hybridized carbons (Fsp3) is 0.444. The van der Waals surface area contributed by atoms with Gasteiger partial charge in [-0.2, -0.15) is 12.7 Å². The molecule has 2 aliphatic heterocycles. The lowest BCUT2D eigenvalue weighted by molar-refractivity contribution is -0.144. The summed E-state index contributed by atoms with van der Waals surface area (Å²) in [6, 6.07) is 4.08. The number of likely N-dealkylation sites (N-methyl/N-ethyl adjacent to an activating group) is 1. The van der Waals surface area contributed by atoms with E-state index in [2.05, 4.69) is 19.9 Å². The number of fused-ring (bicyclic) bond motifs is 2. The number of ether oxygens (including phenoxy) is 2. The van der Waals surface area contributed by atoms with Crippen LogP contribution in [0.3, 0.4) is 0 Å².